The summed E-state index contributed by atoms with van der Waals surface area (Å²) in [6, 6.07) is 11.1. The van der Waals surface area contributed by atoms with E-state index in [2.05, 4.69) is 9.46 Å². The lowest BCUT2D eigenvalue weighted by Crippen LogP contribution is -2.47. The highest BCUT2D eigenvalue weighted by Gasteiger charge is 2.36. The van der Waals surface area contributed by atoms with E-state index in [0.717, 1.165) is 12.1 Å². The van der Waals surface area contributed by atoms with Gasteiger partial charge in [-0.15, -0.1) is 13.2 Å². The van der Waals surface area contributed by atoms with Crippen molar-refractivity contribution in [1.82, 2.24) is 9.62 Å². The smallest absolute Gasteiger partial charge is 0.404 e. The van der Waals surface area contributed by atoms with Crippen LogP contribution in [-0.4, -0.2) is 51.9 Å². The van der Waals surface area contributed by atoms with E-state index in [1.807, 2.05) is 0 Å². The van der Waals surface area contributed by atoms with Gasteiger partial charge in [0.1, 0.15) is 16.7 Å². The van der Waals surface area contributed by atoms with E-state index in [1.54, 1.807) is 30.3 Å². The predicted octanol–water partition coefficient (Wildman–Crippen LogP) is 2.46. The number of carbonyl (C=O) groups excluding carboxylic acids is 1. The van der Waals surface area contributed by atoms with E-state index in [1.165, 1.54) is 17.0 Å². The number of ether oxygens (including phenoxy) is 2. The Balaban J connectivity index is 1.95. The third kappa shape index (κ3) is 5.49. The first-order chi connectivity index (χ1) is 14.2. The van der Waals surface area contributed by atoms with E-state index >= 15 is 0 Å². The van der Waals surface area contributed by atoms with Crippen molar-refractivity contribution < 1.29 is 35.9 Å². The number of hydrogen-bond acceptors (Lipinski definition) is 5. The summed E-state index contributed by atoms with van der Waals surface area (Å²) in [7, 11) is -4.55. The van der Waals surface area contributed by atoms with Crippen LogP contribution in [0.4, 0.5) is 13.2 Å². The summed E-state index contributed by atoms with van der Waals surface area (Å²) < 4.78 is 75.3. The van der Waals surface area contributed by atoms with E-state index in [4.69, 9.17) is 4.74 Å². The number of benzene rings is 2. The van der Waals surface area contributed by atoms with Gasteiger partial charge < -0.3 is 14.4 Å². The zero-order valence-electron chi connectivity index (χ0n) is 15.6. The fourth-order valence-electron chi connectivity index (χ4n) is 2.97. The molecule has 0 unspecified atom stereocenters. The second-order valence-corrected chi connectivity index (χ2v) is 8.08. The first kappa shape index (κ1) is 22.1. The van der Waals surface area contributed by atoms with Crippen molar-refractivity contribution in [2.45, 2.75) is 17.3 Å². The molecule has 1 atom stereocenters. The van der Waals surface area contributed by atoms with Crippen molar-refractivity contribution >= 4 is 15.9 Å². The number of nitrogens with one attached hydrogen (secondary N) is 1. The molecule has 1 aliphatic heterocycles. The zero-order valence-corrected chi connectivity index (χ0v) is 16.4. The Morgan fingerprint density at radius 2 is 1.63 bits per heavy atom. The minimum absolute atomic E-state index is 0.275. The van der Waals surface area contributed by atoms with Crippen molar-refractivity contribution in [1.29, 1.82) is 0 Å². The average Bonchev–Trinajstić information content (AvgIpc) is 2.72. The van der Waals surface area contributed by atoms with Gasteiger partial charge in [-0.1, -0.05) is 42.5 Å². The number of nitrogens with zero attached hydrogens (tertiary/aromatic N) is 1. The number of carbonyl (C=O) groups is 1. The molecule has 1 saturated heterocycles. The van der Waals surface area contributed by atoms with Crippen LogP contribution in [0, 0.1) is 0 Å². The van der Waals surface area contributed by atoms with E-state index in [9.17, 15) is 26.4 Å². The molecule has 2 aromatic rings. The average molecular weight is 444 g/mol. The molecule has 0 bridgehead atoms. The second-order valence-electron chi connectivity index (χ2n) is 6.40. The highest BCUT2D eigenvalue weighted by Crippen LogP contribution is 2.30. The molecule has 0 aliphatic carbocycles. The van der Waals surface area contributed by atoms with Crippen molar-refractivity contribution in [3.05, 3.63) is 60.2 Å². The van der Waals surface area contributed by atoms with Gasteiger partial charge >= 0.3 is 6.36 Å². The summed E-state index contributed by atoms with van der Waals surface area (Å²) in [5.74, 6) is -1.41. The summed E-state index contributed by atoms with van der Waals surface area (Å²) >= 11 is 0. The Bertz CT molecular complexity index is 977. The van der Waals surface area contributed by atoms with Gasteiger partial charge in [0.25, 0.3) is 0 Å². The fraction of sp³-hybridized carbons (Fsp3) is 0.316. The minimum Gasteiger partial charge on any atom is -0.404 e. The number of hydrogen-bond donors (Lipinski definition) is 1. The maximum Gasteiger partial charge on any atom is 0.573 e. The summed E-state index contributed by atoms with van der Waals surface area (Å²) in [4.78, 5) is 13.8. The Labute approximate surface area is 171 Å². The Morgan fingerprint density at radius 1 is 1.03 bits per heavy atom. The molecule has 7 nitrogen and oxygen atoms in total. The molecule has 0 aromatic heterocycles. The quantitative estimate of drug-likeness (QED) is 0.740. The SMILES string of the molecule is O=C([C@H](NS(=O)(=O)c1ccccc1OC(F)(F)F)c1ccccc1)N1CCOCC1. The summed E-state index contributed by atoms with van der Waals surface area (Å²) in [5, 5.41) is 0. The zero-order chi connectivity index (χ0) is 21.8. The molecule has 1 heterocycles. The molecular formula is C19H19F3N2O5S. The Hall–Kier alpha value is -2.63. The van der Waals surface area contributed by atoms with Gasteiger partial charge in [0, 0.05) is 13.1 Å². The lowest BCUT2D eigenvalue weighted by molar-refractivity contribution is -0.275. The van der Waals surface area contributed by atoms with Gasteiger partial charge in [0.2, 0.25) is 15.9 Å². The Morgan fingerprint density at radius 3 is 2.27 bits per heavy atom. The van der Waals surface area contributed by atoms with Crippen LogP contribution in [0.25, 0.3) is 0 Å². The second kappa shape index (κ2) is 9.02. The van der Waals surface area contributed by atoms with Crippen LogP contribution < -0.4 is 9.46 Å². The third-order valence-corrected chi connectivity index (χ3v) is 5.80. The van der Waals surface area contributed by atoms with Crippen LogP contribution >= 0.6 is 0 Å². The van der Waals surface area contributed by atoms with Crippen molar-refractivity contribution in [3.63, 3.8) is 0 Å². The molecule has 162 valence electrons. The van der Waals surface area contributed by atoms with Gasteiger partial charge in [0.15, 0.2) is 0 Å². The summed E-state index contributed by atoms with van der Waals surface area (Å²) in [6.07, 6.45) is -5.08. The number of para-hydroxylation sites is 1. The monoisotopic (exact) mass is 444 g/mol. The first-order valence-corrected chi connectivity index (χ1v) is 10.4. The van der Waals surface area contributed by atoms with E-state index in [-0.39, 0.29) is 13.1 Å². The van der Waals surface area contributed by atoms with Crippen molar-refractivity contribution in [2.75, 3.05) is 26.3 Å². The minimum atomic E-state index is -5.08. The fourth-order valence-corrected chi connectivity index (χ4v) is 4.28. The third-order valence-electron chi connectivity index (χ3n) is 4.34. The van der Waals surface area contributed by atoms with Gasteiger partial charge in [0.05, 0.1) is 13.2 Å². The topological polar surface area (TPSA) is 84.9 Å². The van der Waals surface area contributed by atoms with Gasteiger partial charge in [-0.2, -0.15) is 4.72 Å². The molecule has 0 radical (unpaired) electrons. The van der Waals surface area contributed by atoms with Gasteiger partial charge in [-0.3, -0.25) is 4.79 Å². The number of sulfonamides is 1. The predicted molar refractivity (Wildman–Crippen MR) is 100 cm³/mol. The lowest BCUT2D eigenvalue weighted by Gasteiger charge is -2.31. The van der Waals surface area contributed by atoms with Crippen LogP contribution in [0.15, 0.2) is 59.5 Å². The number of rotatable bonds is 6. The number of alkyl halides is 3. The van der Waals surface area contributed by atoms with Crippen LogP contribution in [-0.2, 0) is 19.6 Å². The molecular weight excluding hydrogens is 425 g/mol. The summed E-state index contributed by atoms with van der Waals surface area (Å²) in [5.41, 5.74) is 0.354. The number of morpholine rings is 1. The molecule has 3 rings (SSSR count). The van der Waals surface area contributed by atoms with Crippen LogP contribution in [0.2, 0.25) is 0 Å². The molecule has 1 aliphatic rings. The number of amides is 1. The maximum absolute atomic E-state index is 13.1. The highest BCUT2D eigenvalue weighted by molar-refractivity contribution is 7.89. The molecule has 1 amide bonds. The maximum atomic E-state index is 13.1. The van der Waals surface area contributed by atoms with Crippen LogP contribution in [0.5, 0.6) is 5.75 Å². The summed E-state index contributed by atoms with van der Waals surface area (Å²) in [6.45, 7) is 1.17. The van der Waals surface area contributed by atoms with Crippen LogP contribution in [0.3, 0.4) is 0 Å². The molecule has 2 aromatic carbocycles. The first-order valence-electron chi connectivity index (χ1n) is 8.96. The van der Waals surface area contributed by atoms with Crippen molar-refractivity contribution in [2.24, 2.45) is 0 Å². The molecule has 1 fully saturated rings. The standard InChI is InChI=1S/C19H19F3N2O5S/c20-19(21,22)29-15-8-4-5-9-16(15)30(26,27)23-17(14-6-2-1-3-7-14)18(25)24-10-12-28-13-11-24/h1-9,17,23H,10-13H2/t17-/m1/s1. The van der Waals surface area contributed by atoms with Crippen molar-refractivity contribution in [3.8, 4) is 5.75 Å². The molecule has 0 saturated carbocycles. The van der Waals surface area contributed by atoms with Gasteiger partial charge in [-0.25, -0.2) is 8.42 Å². The Kier molecular flexibility index (Phi) is 6.64. The largest absolute Gasteiger partial charge is 0.573 e. The van der Waals surface area contributed by atoms with Gasteiger partial charge in [-0.05, 0) is 17.7 Å². The molecule has 30 heavy (non-hydrogen) atoms. The van der Waals surface area contributed by atoms with E-state index < -0.39 is 39.0 Å². The highest BCUT2D eigenvalue weighted by atomic mass is 32.2. The number of halogens is 3. The lowest BCUT2D eigenvalue weighted by atomic mass is 10.1. The normalized spacial score (nSPS) is 16.2. The molecule has 1 N–H and O–H groups in total. The molecule has 0 spiro atoms. The van der Waals surface area contributed by atoms with Crippen LogP contribution in [0.1, 0.15) is 11.6 Å². The van der Waals surface area contributed by atoms with E-state index in [0.29, 0.717) is 18.8 Å². The molecule has 11 heteroatoms.